The number of carbonyl (C=O) groups is 2. The zero-order valence-electron chi connectivity index (χ0n) is 24.1. The van der Waals surface area contributed by atoms with Crippen LogP contribution in [0.15, 0.2) is 66.7 Å². The van der Waals surface area contributed by atoms with E-state index in [0.29, 0.717) is 23.8 Å². The van der Waals surface area contributed by atoms with Gasteiger partial charge >= 0.3 is 0 Å². The van der Waals surface area contributed by atoms with Crippen LogP contribution in [0.3, 0.4) is 0 Å². The number of rotatable bonds is 14. The van der Waals surface area contributed by atoms with Crippen LogP contribution in [0, 0.1) is 0 Å². The van der Waals surface area contributed by atoms with Crippen LogP contribution in [-0.4, -0.2) is 61.5 Å². The Balaban J connectivity index is 0.996. The normalized spacial score (nSPS) is 14.0. The van der Waals surface area contributed by atoms with Crippen molar-refractivity contribution in [2.24, 2.45) is 0 Å². The van der Waals surface area contributed by atoms with Gasteiger partial charge in [-0.25, -0.2) is 0 Å². The molecule has 2 aromatic carbocycles. The number of anilines is 2. The molecule has 11 heteroatoms. The van der Waals surface area contributed by atoms with Crippen LogP contribution in [0.1, 0.15) is 53.1 Å². The second-order valence-corrected chi connectivity index (χ2v) is 11.9. The smallest absolute Gasteiger partial charge is 0.230 e. The number of hydrogen-bond donors (Lipinski definition) is 3. The lowest BCUT2D eigenvalue weighted by Crippen LogP contribution is -2.34. The maximum atomic E-state index is 12.7. The van der Waals surface area contributed by atoms with Gasteiger partial charge in [-0.3, -0.25) is 14.5 Å². The average molecular weight is 600 g/mol. The van der Waals surface area contributed by atoms with E-state index >= 15 is 0 Å². The van der Waals surface area contributed by atoms with Crippen molar-refractivity contribution >= 4 is 34.1 Å². The highest BCUT2D eigenvalue weighted by atomic mass is 32.1. The van der Waals surface area contributed by atoms with Crippen molar-refractivity contribution < 1.29 is 14.7 Å². The van der Waals surface area contributed by atoms with Crippen LogP contribution in [-0.2, 0) is 41.7 Å². The third kappa shape index (κ3) is 9.74. The number of benzene rings is 2. The number of aryl methyl sites for hydroxylation is 2. The first-order chi connectivity index (χ1) is 21.0. The minimum atomic E-state index is -0.482. The molecular formula is C32H37N7O3S. The Morgan fingerprint density at radius 2 is 1.51 bits per heavy atom. The van der Waals surface area contributed by atoms with Gasteiger partial charge in [-0.15, -0.1) is 15.3 Å². The minimum Gasteiger partial charge on any atom is -0.378 e. The summed E-state index contributed by atoms with van der Waals surface area (Å²) in [6.07, 6.45) is 6.19. The summed E-state index contributed by atoms with van der Waals surface area (Å²) in [7, 11) is 0. The molecule has 1 fully saturated rings. The van der Waals surface area contributed by atoms with Crippen molar-refractivity contribution in [3.63, 3.8) is 0 Å². The molecule has 1 unspecified atom stereocenters. The fourth-order valence-corrected chi connectivity index (χ4v) is 5.91. The number of hydrogen-bond acceptors (Lipinski definition) is 9. The van der Waals surface area contributed by atoms with Gasteiger partial charge in [-0.2, -0.15) is 5.10 Å². The van der Waals surface area contributed by atoms with Crippen molar-refractivity contribution in [1.82, 2.24) is 25.3 Å². The van der Waals surface area contributed by atoms with E-state index in [4.69, 9.17) is 0 Å². The maximum absolute atomic E-state index is 12.7. The molecule has 43 heavy (non-hydrogen) atoms. The Bertz CT molecular complexity index is 1470. The fraction of sp³-hybridized carbons (Fsp3) is 0.375. The van der Waals surface area contributed by atoms with Crippen LogP contribution in [0.4, 0.5) is 10.9 Å². The average Bonchev–Trinajstić information content (AvgIpc) is 3.70. The van der Waals surface area contributed by atoms with Crippen molar-refractivity contribution in [1.29, 1.82) is 0 Å². The second kappa shape index (κ2) is 15.4. The lowest BCUT2D eigenvalue weighted by molar-refractivity contribution is -0.116. The molecular weight excluding hydrogens is 562 g/mol. The molecule has 0 spiro atoms. The Morgan fingerprint density at radius 3 is 2.30 bits per heavy atom. The molecule has 4 aromatic rings. The monoisotopic (exact) mass is 599 g/mol. The van der Waals surface area contributed by atoms with Gasteiger partial charge in [0.2, 0.25) is 16.9 Å². The molecule has 3 N–H and O–H groups in total. The van der Waals surface area contributed by atoms with E-state index in [1.54, 1.807) is 6.07 Å². The number of amides is 2. The molecule has 224 valence electrons. The van der Waals surface area contributed by atoms with E-state index in [1.807, 2.05) is 60.7 Å². The molecule has 3 heterocycles. The largest absolute Gasteiger partial charge is 0.378 e. The van der Waals surface area contributed by atoms with Gasteiger partial charge in [-0.05, 0) is 60.9 Å². The van der Waals surface area contributed by atoms with E-state index in [2.05, 4.69) is 35.9 Å². The Labute approximate surface area is 255 Å². The standard InChI is InChI=1S/C32H37N7O3S/c40-28(20-23-9-2-1-3-10-23)33-27-16-15-26(35-36-27)13-4-5-14-30-37-38-32(43-30)34-29(41)21-24-11-8-12-25(19-24)22-31(42)39-17-6-7-18-39/h1-3,8-12,15-16,19,31,42H,4-7,13-14,17-18,20-22H2,(H,33,36,40)(H,34,38,41). The predicted molar refractivity (Wildman–Crippen MR) is 167 cm³/mol. The molecule has 1 saturated heterocycles. The number of nitrogens with one attached hydrogen (secondary N) is 2. The van der Waals surface area contributed by atoms with Crippen molar-refractivity contribution in [3.8, 4) is 0 Å². The summed E-state index contributed by atoms with van der Waals surface area (Å²) in [6.45, 7) is 1.88. The number of aliphatic hydroxyl groups is 1. The predicted octanol–water partition coefficient (Wildman–Crippen LogP) is 4.21. The number of carbonyl (C=O) groups excluding carboxylic acids is 2. The summed E-state index contributed by atoms with van der Waals surface area (Å²) >= 11 is 1.39. The van der Waals surface area contributed by atoms with E-state index in [1.165, 1.54) is 11.3 Å². The summed E-state index contributed by atoms with van der Waals surface area (Å²) in [4.78, 5) is 27.0. The maximum Gasteiger partial charge on any atom is 0.230 e. The molecule has 1 aliphatic heterocycles. The Kier molecular flexibility index (Phi) is 10.9. The lowest BCUT2D eigenvalue weighted by atomic mass is 10.0. The van der Waals surface area contributed by atoms with Gasteiger partial charge in [-0.1, -0.05) is 65.9 Å². The quantitative estimate of drug-likeness (QED) is 0.184. The molecule has 2 amide bonds. The number of unbranched alkanes of at least 4 members (excludes halogenated alkanes) is 1. The summed E-state index contributed by atoms with van der Waals surface area (Å²) < 4.78 is 0. The number of aromatic nitrogens is 4. The zero-order valence-corrected chi connectivity index (χ0v) is 24.9. The molecule has 5 rings (SSSR count). The van der Waals surface area contributed by atoms with Gasteiger partial charge in [0, 0.05) is 25.9 Å². The highest BCUT2D eigenvalue weighted by Gasteiger charge is 2.20. The SMILES string of the molecule is O=C(Cc1ccccc1)Nc1ccc(CCCCc2nnc(NC(=O)Cc3cccc(CC(O)N4CCCC4)c3)s2)nn1. The molecule has 1 aliphatic rings. The van der Waals surface area contributed by atoms with Gasteiger partial charge in [0.15, 0.2) is 5.82 Å². The van der Waals surface area contributed by atoms with Crippen LogP contribution >= 0.6 is 11.3 Å². The first-order valence-electron chi connectivity index (χ1n) is 14.8. The van der Waals surface area contributed by atoms with Gasteiger partial charge in [0.05, 0.1) is 18.5 Å². The molecule has 2 aromatic heterocycles. The molecule has 10 nitrogen and oxygen atoms in total. The van der Waals surface area contributed by atoms with Crippen LogP contribution in [0.5, 0.6) is 0 Å². The van der Waals surface area contributed by atoms with Crippen LogP contribution in [0.25, 0.3) is 0 Å². The Morgan fingerprint density at radius 1 is 0.791 bits per heavy atom. The topological polar surface area (TPSA) is 133 Å². The first-order valence-corrected chi connectivity index (χ1v) is 15.6. The van der Waals surface area contributed by atoms with Gasteiger partial charge in [0.25, 0.3) is 0 Å². The zero-order chi connectivity index (χ0) is 29.9. The summed E-state index contributed by atoms with van der Waals surface area (Å²) in [5.41, 5.74) is 3.73. The first kappa shape index (κ1) is 30.4. The third-order valence-electron chi connectivity index (χ3n) is 7.32. The molecule has 0 radical (unpaired) electrons. The van der Waals surface area contributed by atoms with Gasteiger partial charge in [0.1, 0.15) is 11.2 Å². The summed E-state index contributed by atoms with van der Waals surface area (Å²) in [5, 5.41) is 34.3. The fourth-order valence-electron chi connectivity index (χ4n) is 5.11. The van der Waals surface area contributed by atoms with E-state index in [0.717, 1.165) is 79.0 Å². The van der Waals surface area contributed by atoms with Crippen molar-refractivity contribution in [3.05, 3.63) is 94.1 Å². The summed E-state index contributed by atoms with van der Waals surface area (Å²) in [5.74, 6) is 0.175. The number of nitrogens with zero attached hydrogens (tertiary/aromatic N) is 5. The van der Waals surface area contributed by atoms with E-state index in [9.17, 15) is 14.7 Å². The van der Waals surface area contributed by atoms with Crippen molar-refractivity contribution in [2.75, 3.05) is 23.7 Å². The third-order valence-corrected chi connectivity index (χ3v) is 8.22. The van der Waals surface area contributed by atoms with Crippen LogP contribution < -0.4 is 10.6 Å². The molecule has 1 atom stereocenters. The minimum absolute atomic E-state index is 0.126. The van der Waals surface area contributed by atoms with E-state index in [-0.39, 0.29) is 18.2 Å². The number of likely N-dealkylation sites (tertiary alicyclic amines) is 1. The molecule has 0 aliphatic carbocycles. The van der Waals surface area contributed by atoms with E-state index < -0.39 is 6.23 Å². The summed E-state index contributed by atoms with van der Waals surface area (Å²) in [6, 6.07) is 21.1. The second-order valence-electron chi connectivity index (χ2n) is 10.8. The lowest BCUT2D eigenvalue weighted by Gasteiger charge is -2.22. The molecule has 0 saturated carbocycles. The molecule has 0 bridgehead atoms. The Hall–Kier alpha value is -4.06. The highest BCUT2D eigenvalue weighted by molar-refractivity contribution is 7.15. The highest BCUT2D eigenvalue weighted by Crippen LogP contribution is 2.19. The van der Waals surface area contributed by atoms with Crippen molar-refractivity contribution in [2.45, 2.75) is 64.0 Å². The van der Waals surface area contributed by atoms with Crippen LogP contribution in [0.2, 0.25) is 0 Å². The van der Waals surface area contributed by atoms with Gasteiger partial charge < -0.3 is 15.7 Å². The number of aliphatic hydroxyl groups excluding tert-OH is 1.